The van der Waals surface area contributed by atoms with Crippen molar-refractivity contribution in [3.8, 4) is 44.9 Å². The summed E-state index contributed by atoms with van der Waals surface area (Å²) in [5, 5.41) is 12.2. The second-order valence-electron chi connectivity index (χ2n) is 18.1. The topological polar surface area (TPSA) is 71.1 Å². The van der Waals surface area contributed by atoms with E-state index in [1.54, 1.807) is 0 Å². The first-order chi connectivity index (χ1) is 35.4. The number of fused-ring (bicyclic) bond motifs is 6. The summed E-state index contributed by atoms with van der Waals surface area (Å²) in [6, 6.07) is 75.0. The van der Waals surface area contributed by atoms with E-state index in [-0.39, 0.29) is 13.2 Å². The SMILES string of the molecule is COC(=O)c1ccc(COc2ccc3cc(-c4ccc5ccccc5c4)ccc3c2-c2c(OCc3ccc(C(=O)OC)c4ccccc34)ccc3cc(-c4ccc5ccccc5c4)ccc23)c2ccccc12. The Bertz CT molecular complexity index is 3870. The minimum atomic E-state index is -0.391. The van der Waals surface area contributed by atoms with Gasteiger partial charge in [-0.15, -0.1) is 0 Å². The maximum atomic E-state index is 12.9. The number of benzene rings is 12. The average molecular weight is 935 g/mol. The first-order valence-corrected chi connectivity index (χ1v) is 24.0. The summed E-state index contributed by atoms with van der Waals surface area (Å²) in [7, 11) is 2.80. The molecule has 0 aliphatic rings. The molecule has 346 valence electrons. The third-order valence-electron chi connectivity index (χ3n) is 14.0. The van der Waals surface area contributed by atoms with Gasteiger partial charge in [0.05, 0.1) is 25.3 Å². The normalized spacial score (nSPS) is 11.4. The highest BCUT2D eigenvalue weighted by Gasteiger charge is 2.22. The molecule has 0 N–H and O–H groups in total. The van der Waals surface area contributed by atoms with Gasteiger partial charge in [-0.1, -0.05) is 170 Å². The highest BCUT2D eigenvalue weighted by Crippen LogP contribution is 2.48. The molecule has 72 heavy (non-hydrogen) atoms. The van der Waals surface area contributed by atoms with Crippen LogP contribution in [-0.2, 0) is 22.7 Å². The summed E-state index contributed by atoms with van der Waals surface area (Å²) in [6.45, 7) is 0.447. The van der Waals surface area contributed by atoms with Gasteiger partial charge in [0.15, 0.2) is 0 Å². The first-order valence-electron chi connectivity index (χ1n) is 24.0. The van der Waals surface area contributed by atoms with E-state index < -0.39 is 11.9 Å². The number of methoxy groups -OCH3 is 2. The number of carbonyl (C=O) groups is 2. The van der Waals surface area contributed by atoms with E-state index in [0.29, 0.717) is 22.6 Å². The van der Waals surface area contributed by atoms with E-state index >= 15 is 0 Å². The van der Waals surface area contributed by atoms with Crippen molar-refractivity contribution in [1.82, 2.24) is 0 Å². The summed E-state index contributed by atoms with van der Waals surface area (Å²) >= 11 is 0. The second-order valence-corrected chi connectivity index (χ2v) is 18.1. The van der Waals surface area contributed by atoms with Crippen molar-refractivity contribution in [2.24, 2.45) is 0 Å². The lowest BCUT2D eigenvalue weighted by Crippen LogP contribution is -2.05. The summed E-state index contributed by atoms with van der Waals surface area (Å²) in [5.41, 5.74) is 9.07. The Kier molecular flexibility index (Phi) is 11.3. The van der Waals surface area contributed by atoms with Crippen LogP contribution >= 0.6 is 0 Å². The number of esters is 2. The molecular weight excluding hydrogens is 889 g/mol. The summed E-state index contributed by atoms with van der Waals surface area (Å²) in [4.78, 5) is 25.8. The fourth-order valence-electron chi connectivity index (χ4n) is 10.3. The highest BCUT2D eigenvalue weighted by atomic mass is 16.5. The Morgan fingerprint density at radius 1 is 0.319 bits per heavy atom. The highest BCUT2D eigenvalue weighted by molar-refractivity contribution is 6.12. The molecule has 0 atom stereocenters. The van der Waals surface area contributed by atoms with Crippen molar-refractivity contribution in [3.05, 3.63) is 241 Å². The van der Waals surface area contributed by atoms with Gasteiger partial charge >= 0.3 is 11.9 Å². The Morgan fingerprint density at radius 3 is 1.08 bits per heavy atom. The quantitative estimate of drug-likeness (QED) is 0.120. The minimum Gasteiger partial charge on any atom is -0.488 e. The minimum absolute atomic E-state index is 0.223. The maximum absolute atomic E-state index is 12.9. The molecule has 0 fully saturated rings. The van der Waals surface area contributed by atoms with Crippen molar-refractivity contribution in [1.29, 1.82) is 0 Å². The molecule has 6 heteroatoms. The van der Waals surface area contributed by atoms with Crippen LogP contribution in [0.2, 0.25) is 0 Å². The van der Waals surface area contributed by atoms with Crippen LogP contribution in [0.4, 0.5) is 0 Å². The molecule has 0 unspecified atom stereocenters. The van der Waals surface area contributed by atoms with E-state index in [1.165, 1.54) is 35.8 Å². The largest absolute Gasteiger partial charge is 0.488 e. The van der Waals surface area contributed by atoms with Crippen LogP contribution in [0.1, 0.15) is 31.8 Å². The lowest BCUT2D eigenvalue weighted by Gasteiger charge is -2.21. The molecule has 0 spiro atoms. The molecule has 0 saturated heterocycles. The van der Waals surface area contributed by atoms with Crippen molar-refractivity contribution >= 4 is 76.6 Å². The van der Waals surface area contributed by atoms with Gasteiger partial charge in [0.1, 0.15) is 24.7 Å². The van der Waals surface area contributed by atoms with Crippen molar-refractivity contribution in [2.45, 2.75) is 13.2 Å². The Morgan fingerprint density at radius 2 is 0.667 bits per heavy atom. The maximum Gasteiger partial charge on any atom is 0.338 e. The predicted molar refractivity (Wildman–Crippen MR) is 292 cm³/mol. The number of rotatable bonds is 11. The average Bonchev–Trinajstić information content (AvgIpc) is 3.44. The number of carbonyl (C=O) groups excluding carboxylic acids is 2. The van der Waals surface area contributed by atoms with Crippen LogP contribution in [0.3, 0.4) is 0 Å². The van der Waals surface area contributed by atoms with E-state index in [1.807, 2.05) is 72.8 Å². The fraction of sp³-hybridized carbons (Fsp3) is 0.0606. The zero-order valence-corrected chi connectivity index (χ0v) is 39.6. The van der Waals surface area contributed by atoms with Crippen molar-refractivity contribution in [2.75, 3.05) is 14.2 Å². The van der Waals surface area contributed by atoms with E-state index in [2.05, 4.69) is 146 Å². The molecule has 0 aromatic heterocycles. The third-order valence-corrected chi connectivity index (χ3v) is 14.0. The van der Waals surface area contributed by atoms with Gasteiger partial charge in [0.2, 0.25) is 0 Å². The zero-order chi connectivity index (χ0) is 48.7. The van der Waals surface area contributed by atoms with Gasteiger partial charge < -0.3 is 18.9 Å². The third kappa shape index (κ3) is 7.99. The smallest absolute Gasteiger partial charge is 0.338 e. The lowest BCUT2D eigenvalue weighted by atomic mass is 9.89. The van der Waals surface area contributed by atoms with Gasteiger partial charge in [0, 0.05) is 11.1 Å². The molecule has 0 saturated carbocycles. The van der Waals surface area contributed by atoms with E-state index in [4.69, 9.17) is 18.9 Å². The standard InChI is InChI=1S/C66H46O6/c1-69-65(67)59-31-25-51(53-15-7-9-17-57(53)59)39-71-61-33-27-49-37-47(45-21-19-41-11-3-5-13-43(41)35-45)23-29-55(49)63(61)64-56-30-24-48(46-22-20-42-12-4-6-14-44(42)36-46)38-50(56)28-34-62(64)72-40-52-26-32-60(66(68)70-2)58-18-10-8-16-54(52)58/h3-38H,39-40H2,1-2H3. The lowest BCUT2D eigenvalue weighted by molar-refractivity contribution is 0.0594. The molecule has 0 heterocycles. The first kappa shape index (κ1) is 44.0. The van der Waals surface area contributed by atoms with Crippen LogP contribution < -0.4 is 9.47 Å². The molecule has 0 bridgehead atoms. The molecule has 12 rings (SSSR count). The number of hydrogen-bond donors (Lipinski definition) is 0. The van der Waals surface area contributed by atoms with E-state index in [9.17, 15) is 9.59 Å². The summed E-state index contributed by atoms with van der Waals surface area (Å²) in [6.07, 6.45) is 0. The Labute approximate surface area is 416 Å². The number of hydrogen-bond acceptors (Lipinski definition) is 6. The van der Waals surface area contributed by atoms with Crippen LogP contribution in [-0.4, -0.2) is 26.2 Å². The molecule has 0 aliphatic heterocycles. The second kappa shape index (κ2) is 18.6. The van der Waals surface area contributed by atoms with Gasteiger partial charge in [-0.2, -0.15) is 0 Å². The Balaban J connectivity index is 1.05. The summed E-state index contributed by atoms with van der Waals surface area (Å²) in [5.74, 6) is 0.563. The van der Waals surface area contributed by atoms with Crippen molar-refractivity contribution in [3.63, 3.8) is 0 Å². The van der Waals surface area contributed by atoms with Crippen LogP contribution in [0, 0.1) is 0 Å². The molecule has 12 aromatic carbocycles. The van der Waals surface area contributed by atoms with Gasteiger partial charge in [0.25, 0.3) is 0 Å². The zero-order valence-electron chi connectivity index (χ0n) is 39.6. The molecule has 6 nitrogen and oxygen atoms in total. The fourth-order valence-corrected chi connectivity index (χ4v) is 10.3. The van der Waals surface area contributed by atoms with E-state index in [0.717, 1.165) is 87.6 Å². The molecule has 12 aromatic rings. The predicted octanol–water partition coefficient (Wildman–Crippen LogP) is 16.3. The van der Waals surface area contributed by atoms with Crippen LogP contribution in [0.5, 0.6) is 11.5 Å². The number of ether oxygens (including phenoxy) is 4. The van der Waals surface area contributed by atoms with Crippen molar-refractivity contribution < 1.29 is 28.5 Å². The molecular formula is C66H46O6. The van der Waals surface area contributed by atoms with Gasteiger partial charge in [-0.05, 0) is 147 Å². The van der Waals surface area contributed by atoms with Gasteiger partial charge in [-0.25, -0.2) is 9.59 Å². The van der Waals surface area contributed by atoms with Crippen LogP contribution in [0.15, 0.2) is 218 Å². The summed E-state index contributed by atoms with van der Waals surface area (Å²) < 4.78 is 24.5. The Hall–Kier alpha value is -9.26. The molecule has 0 radical (unpaired) electrons. The monoisotopic (exact) mass is 934 g/mol. The van der Waals surface area contributed by atoms with Crippen LogP contribution in [0.25, 0.3) is 98.0 Å². The molecule has 0 aliphatic carbocycles. The molecule has 0 amide bonds. The van der Waals surface area contributed by atoms with Gasteiger partial charge in [-0.3, -0.25) is 0 Å².